The topological polar surface area (TPSA) is 0 Å². The average molecular weight is 234 g/mol. The lowest BCUT2D eigenvalue weighted by Gasteiger charge is -2.11. The summed E-state index contributed by atoms with van der Waals surface area (Å²) in [6.45, 7) is 11.9. The molecule has 0 atom stereocenters. The predicted octanol–water partition coefficient (Wildman–Crippen LogP) is 4.45. The Labute approximate surface area is 87.7 Å². The zero-order valence-electron chi connectivity index (χ0n) is 9.91. The SMILES string of the molecule is C[Si](C)(C)C=C(F)C(F)=C[Si](C)(C)C. The first-order chi connectivity index (χ1) is 6.01. The fraction of sp³-hybridized carbons (Fsp3) is 0.600. The first kappa shape index (κ1) is 13.8. The van der Waals surface area contributed by atoms with Crippen molar-refractivity contribution in [3.05, 3.63) is 23.1 Å². The molecule has 0 aliphatic carbocycles. The molecule has 0 saturated heterocycles. The van der Waals surface area contributed by atoms with Crippen molar-refractivity contribution in [3.8, 4) is 0 Å². The highest BCUT2D eigenvalue weighted by molar-refractivity contribution is 6.81. The number of rotatable bonds is 3. The van der Waals surface area contributed by atoms with Crippen LogP contribution in [0.3, 0.4) is 0 Å². The van der Waals surface area contributed by atoms with Crippen LogP contribution in [0, 0.1) is 0 Å². The molecule has 0 aromatic carbocycles. The maximum Gasteiger partial charge on any atom is 0.150 e. The van der Waals surface area contributed by atoms with Crippen LogP contribution in [-0.4, -0.2) is 16.1 Å². The maximum atomic E-state index is 13.3. The highest BCUT2D eigenvalue weighted by Crippen LogP contribution is 2.20. The number of hydrogen-bond acceptors (Lipinski definition) is 0. The Morgan fingerprint density at radius 2 is 0.929 bits per heavy atom. The zero-order chi connectivity index (χ0) is 11.6. The van der Waals surface area contributed by atoms with Crippen LogP contribution in [0.1, 0.15) is 0 Å². The summed E-state index contributed by atoms with van der Waals surface area (Å²) < 4.78 is 26.6. The van der Waals surface area contributed by atoms with Gasteiger partial charge in [0.1, 0.15) is 11.7 Å². The first-order valence-corrected chi connectivity index (χ1v) is 11.9. The highest BCUT2D eigenvalue weighted by atomic mass is 28.3. The second kappa shape index (κ2) is 4.53. The standard InChI is InChI=1S/C10H20F2Si2/c1-13(2,3)7-9(11)10(12)8-14(4,5)6/h7-8H,1-6H3. The fourth-order valence-electron chi connectivity index (χ4n) is 0.898. The third kappa shape index (κ3) is 7.20. The molecule has 0 nitrogen and oxygen atoms in total. The Morgan fingerprint density at radius 3 is 1.07 bits per heavy atom. The van der Waals surface area contributed by atoms with Crippen molar-refractivity contribution < 1.29 is 8.78 Å². The summed E-state index contributed by atoms with van der Waals surface area (Å²) in [6, 6.07) is 0. The monoisotopic (exact) mass is 234 g/mol. The Bertz CT molecular complexity index is 226. The van der Waals surface area contributed by atoms with Crippen LogP contribution in [0.2, 0.25) is 39.3 Å². The third-order valence-corrected chi connectivity index (χ3v) is 3.59. The molecule has 0 fully saturated rings. The van der Waals surface area contributed by atoms with Gasteiger partial charge in [-0.2, -0.15) is 0 Å². The first-order valence-electron chi connectivity index (χ1n) is 4.78. The van der Waals surface area contributed by atoms with E-state index in [9.17, 15) is 8.78 Å². The summed E-state index contributed by atoms with van der Waals surface area (Å²) in [5.74, 6) is -1.35. The Morgan fingerprint density at radius 1 is 0.714 bits per heavy atom. The van der Waals surface area contributed by atoms with Crippen LogP contribution in [0.25, 0.3) is 0 Å². The molecule has 0 bridgehead atoms. The smallest absolute Gasteiger partial charge is 0.150 e. The van der Waals surface area contributed by atoms with Gasteiger partial charge in [-0.3, -0.25) is 0 Å². The number of allylic oxidation sites excluding steroid dienone is 2. The average Bonchev–Trinajstić information content (AvgIpc) is 1.78. The molecule has 4 heteroatoms. The van der Waals surface area contributed by atoms with Crippen molar-refractivity contribution in [1.29, 1.82) is 0 Å². The molecular weight excluding hydrogens is 214 g/mol. The van der Waals surface area contributed by atoms with Crippen molar-refractivity contribution >= 4 is 16.1 Å². The molecule has 0 rings (SSSR count). The Balaban J connectivity index is 4.81. The van der Waals surface area contributed by atoms with Gasteiger partial charge in [-0.05, 0) is 0 Å². The third-order valence-electron chi connectivity index (χ3n) is 1.35. The molecule has 0 amide bonds. The highest BCUT2D eigenvalue weighted by Gasteiger charge is 2.17. The van der Waals surface area contributed by atoms with Gasteiger partial charge in [0.05, 0.1) is 16.1 Å². The van der Waals surface area contributed by atoms with Crippen LogP contribution >= 0.6 is 0 Å². The van der Waals surface area contributed by atoms with Gasteiger partial charge in [-0.25, -0.2) is 8.78 Å². The minimum Gasteiger partial charge on any atom is -0.205 e. The molecule has 0 radical (unpaired) electrons. The van der Waals surface area contributed by atoms with Crippen LogP contribution in [0.5, 0.6) is 0 Å². The number of hydrogen-bond donors (Lipinski definition) is 0. The van der Waals surface area contributed by atoms with E-state index in [1.807, 2.05) is 39.3 Å². The van der Waals surface area contributed by atoms with Gasteiger partial charge < -0.3 is 0 Å². The van der Waals surface area contributed by atoms with E-state index in [1.165, 1.54) is 11.4 Å². The van der Waals surface area contributed by atoms with E-state index < -0.39 is 27.8 Å². The summed E-state index contributed by atoms with van der Waals surface area (Å²) in [5.41, 5.74) is 2.91. The summed E-state index contributed by atoms with van der Waals surface area (Å²) in [5, 5.41) is 0. The zero-order valence-corrected chi connectivity index (χ0v) is 11.9. The van der Waals surface area contributed by atoms with E-state index in [0.29, 0.717) is 0 Å². The predicted molar refractivity (Wildman–Crippen MR) is 65.1 cm³/mol. The Kier molecular flexibility index (Phi) is 4.46. The molecule has 0 spiro atoms. The minimum atomic E-state index is -1.66. The van der Waals surface area contributed by atoms with Gasteiger partial charge >= 0.3 is 0 Å². The van der Waals surface area contributed by atoms with Gasteiger partial charge in [0, 0.05) is 0 Å². The van der Waals surface area contributed by atoms with E-state index in [4.69, 9.17) is 0 Å². The van der Waals surface area contributed by atoms with E-state index in [0.717, 1.165) is 0 Å². The normalized spacial score (nSPS) is 16.0. The van der Waals surface area contributed by atoms with Crippen molar-refractivity contribution in [1.82, 2.24) is 0 Å². The summed E-state index contributed by atoms with van der Waals surface area (Å²) >= 11 is 0. The second-order valence-electron chi connectivity index (χ2n) is 5.72. The molecule has 82 valence electrons. The summed E-state index contributed by atoms with van der Waals surface area (Å²) in [6.07, 6.45) is 0. The molecule has 0 aromatic rings. The summed E-state index contributed by atoms with van der Waals surface area (Å²) in [4.78, 5) is 0. The van der Waals surface area contributed by atoms with Crippen molar-refractivity contribution in [2.75, 3.05) is 0 Å². The van der Waals surface area contributed by atoms with Gasteiger partial charge in [0.2, 0.25) is 0 Å². The Hall–Kier alpha value is -0.226. The van der Waals surface area contributed by atoms with Gasteiger partial charge in [0.25, 0.3) is 0 Å². The molecule has 0 unspecified atom stereocenters. The molecule has 0 N–H and O–H groups in total. The van der Waals surface area contributed by atoms with Gasteiger partial charge in [-0.15, -0.1) is 0 Å². The van der Waals surface area contributed by atoms with Crippen LogP contribution in [0.4, 0.5) is 8.78 Å². The van der Waals surface area contributed by atoms with E-state index in [2.05, 4.69) is 0 Å². The molecule has 14 heavy (non-hydrogen) atoms. The van der Waals surface area contributed by atoms with E-state index in [-0.39, 0.29) is 0 Å². The lowest BCUT2D eigenvalue weighted by molar-refractivity contribution is 0.547. The molecule has 0 heterocycles. The number of halogens is 2. The van der Waals surface area contributed by atoms with Crippen LogP contribution in [-0.2, 0) is 0 Å². The van der Waals surface area contributed by atoms with Crippen molar-refractivity contribution in [2.45, 2.75) is 39.3 Å². The van der Waals surface area contributed by atoms with E-state index >= 15 is 0 Å². The molecule has 0 aliphatic heterocycles. The minimum absolute atomic E-state index is 0.674. The lowest BCUT2D eigenvalue weighted by atomic mass is 10.5. The van der Waals surface area contributed by atoms with Crippen molar-refractivity contribution in [3.63, 3.8) is 0 Å². The quantitative estimate of drug-likeness (QED) is 0.500. The summed E-state index contributed by atoms with van der Waals surface area (Å²) in [7, 11) is -3.32. The van der Waals surface area contributed by atoms with Crippen LogP contribution < -0.4 is 0 Å². The lowest BCUT2D eigenvalue weighted by Crippen LogP contribution is -2.18. The van der Waals surface area contributed by atoms with Crippen molar-refractivity contribution in [2.24, 2.45) is 0 Å². The van der Waals surface area contributed by atoms with E-state index in [1.54, 1.807) is 0 Å². The molecule has 0 aromatic heterocycles. The molecular formula is C10H20F2Si2. The maximum absolute atomic E-state index is 13.3. The molecule has 0 aliphatic rings. The van der Waals surface area contributed by atoms with Crippen LogP contribution in [0.15, 0.2) is 23.1 Å². The van der Waals surface area contributed by atoms with Gasteiger partial charge in [-0.1, -0.05) is 50.7 Å². The second-order valence-corrected chi connectivity index (χ2v) is 15.8. The fourth-order valence-corrected chi connectivity index (χ4v) is 2.69. The van der Waals surface area contributed by atoms with Gasteiger partial charge in [0.15, 0.2) is 0 Å². The largest absolute Gasteiger partial charge is 0.205 e. The molecule has 0 saturated carbocycles.